The van der Waals surface area contributed by atoms with Gasteiger partial charge in [0, 0.05) is 28.2 Å². The first-order valence-corrected chi connectivity index (χ1v) is 15.7. The SMILES string of the molecule is c1ccc(-c2nc(-c3ccccc3)nc(-c3ccc(-c4ccc5c(c4)N=C4c6ccccc6-c6ccccc6C4C5)cc3)n2)cc1. The molecule has 0 N–H and O–H groups in total. The van der Waals surface area contributed by atoms with E-state index in [0.29, 0.717) is 17.5 Å². The fourth-order valence-electron chi connectivity index (χ4n) is 6.79. The van der Waals surface area contributed by atoms with E-state index in [4.69, 9.17) is 19.9 Å². The molecular formula is C42H28N4. The fourth-order valence-corrected chi connectivity index (χ4v) is 6.79. The average molecular weight is 589 g/mol. The van der Waals surface area contributed by atoms with Crippen molar-refractivity contribution >= 4 is 11.4 Å². The third kappa shape index (κ3) is 4.54. The number of hydrogen-bond donors (Lipinski definition) is 0. The molecular weight excluding hydrogens is 560 g/mol. The summed E-state index contributed by atoms with van der Waals surface area (Å²) in [7, 11) is 0. The van der Waals surface area contributed by atoms with E-state index in [9.17, 15) is 0 Å². The summed E-state index contributed by atoms with van der Waals surface area (Å²) in [4.78, 5) is 19.9. The van der Waals surface area contributed by atoms with E-state index in [1.54, 1.807) is 0 Å². The maximum atomic E-state index is 5.33. The summed E-state index contributed by atoms with van der Waals surface area (Å²) >= 11 is 0. The summed E-state index contributed by atoms with van der Waals surface area (Å²) in [5, 5.41) is 0. The molecule has 4 heteroatoms. The highest BCUT2D eigenvalue weighted by atomic mass is 15.0. The standard InChI is InChI=1S/C42H28N4/c1-3-11-28(12-4-1)40-44-41(29-13-5-2-6-14-29)46-42(45-40)30-21-19-27(20-22-30)31-23-24-32-25-37-35-17-8-7-15-33(35)34-16-9-10-18-36(34)39(37)43-38(32)26-31/h1-24,26,37H,25H2. The van der Waals surface area contributed by atoms with Crippen molar-refractivity contribution in [1.29, 1.82) is 0 Å². The van der Waals surface area contributed by atoms with Crippen LogP contribution < -0.4 is 0 Å². The van der Waals surface area contributed by atoms with Gasteiger partial charge in [-0.2, -0.15) is 0 Å². The molecule has 216 valence electrons. The topological polar surface area (TPSA) is 51.0 Å². The Kier molecular flexibility index (Phi) is 6.24. The lowest BCUT2D eigenvalue weighted by atomic mass is 9.73. The number of aromatic nitrogens is 3. The molecule has 2 heterocycles. The van der Waals surface area contributed by atoms with Crippen molar-refractivity contribution in [3.63, 3.8) is 0 Å². The molecule has 7 aromatic rings. The van der Waals surface area contributed by atoms with Crippen LogP contribution in [0.2, 0.25) is 0 Å². The maximum Gasteiger partial charge on any atom is 0.164 e. The second-order valence-corrected chi connectivity index (χ2v) is 11.8. The van der Waals surface area contributed by atoms with Crippen LogP contribution in [-0.4, -0.2) is 20.7 Å². The first-order valence-electron chi connectivity index (χ1n) is 15.7. The van der Waals surface area contributed by atoms with Crippen molar-refractivity contribution in [3.05, 3.63) is 168 Å². The minimum atomic E-state index is 0.269. The van der Waals surface area contributed by atoms with Crippen LogP contribution in [0.4, 0.5) is 5.69 Å². The van der Waals surface area contributed by atoms with Crippen molar-refractivity contribution in [3.8, 4) is 56.4 Å². The number of aliphatic imine (C=N–C) groups is 1. The Morgan fingerprint density at radius 1 is 0.413 bits per heavy atom. The van der Waals surface area contributed by atoms with Crippen molar-refractivity contribution in [1.82, 2.24) is 15.0 Å². The van der Waals surface area contributed by atoms with Gasteiger partial charge in [0.25, 0.3) is 0 Å². The lowest BCUT2D eigenvalue weighted by Gasteiger charge is -2.33. The van der Waals surface area contributed by atoms with Gasteiger partial charge in [-0.05, 0) is 45.9 Å². The molecule has 0 amide bonds. The Morgan fingerprint density at radius 2 is 0.913 bits per heavy atom. The normalized spacial score (nSPS) is 14.3. The third-order valence-corrected chi connectivity index (χ3v) is 9.09. The summed E-state index contributed by atoms with van der Waals surface area (Å²) in [6, 6.07) is 52.8. The average Bonchev–Trinajstić information content (AvgIpc) is 3.14. The van der Waals surface area contributed by atoms with E-state index in [1.807, 2.05) is 60.7 Å². The van der Waals surface area contributed by atoms with Crippen LogP contribution in [0.25, 0.3) is 56.4 Å². The molecule has 46 heavy (non-hydrogen) atoms. The molecule has 1 aromatic heterocycles. The van der Waals surface area contributed by atoms with Gasteiger partial charge in [0.05, 0.1) is 11.4 Å². The minimum absolute atomic E-state index is 0.269. The van der Waals surface area contributed by atoms with E-state index < -0.39 is 0 Å². The predicted molar refractivity (Wildman–Crippen MR) is 186 cm³/mol. The van der Waals surface area contributed by atoms with Gasteiger partial charge >= 0.3 is 0 Å². The minimum Gasteiger partial charge on any atom is -0.252 e. The van der Waals surface area contributed by atoms with Crippen molar-refractivity contribution < 1.29 is 0 Å². The Bertz CT molecular complexity index is 2210. The van der Waals surface area contributed by atoms with Gasteiger partial charge in [0.15, 0.2) is 17.5 Å². The molecule has 0 bridgehead atoms. The van der Waals surface area contributed by atoms with E-state index in [2.05, 4.69) is 91.0 Å². The first kappa shape index (κ1) is 26.4. The van der Waals surface area contributed by atoms with Gasteiger partial charge < -0.3 is 0 Å². The molecule has 0 saturated heterocycles. The predicted octanol–water partition coefficient (Wildman–Crippen LogP) is 9.98. The van der Waals surface area contributed by atoms with Crippen molar-refractivity contribution in [2.24, 2.45) is 4.99 Å². The van der Waals surface area contributed by atoms with E-state index in [-0.39, 0.29) is 5.92 Å². The molecule has 0 spiro atoms. The fraction of sp³-hybridized carbons (Fsp3) is 0.0476. The number of fused-ring (bicyclic) bond motifs is 7. The van der Waals surface area contributed by atoms with Crippen LogP contribution in [0.15, 0.2) is 157 Å². The summed E-state index contributed by atoms with van der Waals surface area (Å²) in [6.45, 7) is 0. The van der Waals surface area contributed by atoms with Gasteiger partial charge in [0.1, 0.15) is 0 Å². The van der Waals surface area contributed by atoms with E-state index in [1.165, 1.54) is 33.5 Å². The van der Waals surface area contributed by atoms with Gasteiger partial charge in [-0.3, -0.25) is 4.99 Å². The highest BCUT2D eigenvalue weighted by Gasteiger charge is 2.33. The van der Waals surface area contributed by atoms with Crippen molar-refractivity contribution in [2.45, 2.75) is 12.3 Å². The summed E-state index contributed by atoms with van der Waals surface area (Å²) < 4.78 is 0. The van der Waals surface area contributed by atoms with Crippen LogP contribution in [0, 0.1) is 0 Å². The third-order valence-electron chi connectivity index (χ3n) is 9.09. The molecule has 1 aliphatic carbocycles. The highest BCUT2D eigenvalue weighted by Crippen LogP contribution is 2.46. The number of nitrogens with zero attached hydrogens (tertiary/aromatic N) is 4. The summed E-state index contributed by atoms with van der Waals surface area (Å²) in [5.74, 6) is 2.24. The summed E-state index contributed by atoms with van der Waals surface area (Å²) in [5.41, 5.74) is 13.9. The van der Waals surface area contributed by atoms with Gasteiger partial charge in [-0.25, -0.2) is 15.0 Å². The molecule has 0 radical (unpaired) electrons. The van der Waals surface area contributed by atoms with E-state index in [0.717, 1.165) is 39.9 Å². The monoisotopic (exact) mass is 588 g/mol. The van der Waals surface area contributed by atoms with Crippen LogP contribution >= 0.6 is 0 Å². The van der Waals surface area contributed by atoms with Crippen LogP contribution in [0.5, 0.6) is 0 Å². The zero-order chi connectivity index (χ0) is 30.5. The molecule has 0 fully saturated rings. The van der Waals surface area contributed by atoms with Gasteiger partial charge in [-0.15, -0.1) is 0 Å². The Hall–Kier alpha value is -6.00. The number of rotatable bonds is 4. The van der Waals surface area contributed by atoms with Gasteiger partial charge in [0.2, 0.25) is 0 Å². The lowest BCUT2D eigenvalue weighted by Crippen LogP contribution is -2.24. The Balaban J connectivity index is 1.08. The van der Waals surface area contributed by atoms with Crippen LogP contribution in [0.3, 0.4) is 0 Å². The molecule has 0 saturated carbocycles. The zero-order valence-electron chi connectivity index (χ0n) is 25.0. The highest BCUT2D eigenvalue weighted by molar-refractivity contribution is 6.15. The number of benzene rings is 6. The molecule has 1 unspecified atom stereocenters. The Labute approximate surface area is 267 Å². The first-order chi connectivity index (χ1) is 22.8. The molecule has 9 rings (SSSR count). The molecule has 1 aliphatic heterocycles. The number of hydrogen-bond acceptors (Lipinski definition) is 4. The zero-order valence-corrected chi connectivity index (χ0v) is 25.0. The van der Waals surface area contributed by atoms with E-state index >= 15 is 0 Å². The second kappa shape index (κ2) is 10.9. The smallest absolute Gasteiger partial charge is 0.164 e. The largest absolute Gasteiger partial charge is 0.252 e. The Morgan fingerprint density at radius 3 is 1.57 bits per heavy atom. The second-order valence-electron chi connectivity index (χ2n) is 11.8. The van der Waals surface area contributed by atoms with Crippen LogP contribution in [-0.2, 0) is 6.42 Å². The molecule has 4 nitrogen and oxygen atoms in total. The van der Waals surface area contributed by atoms with Crippen LogP contribution in [0.1, 0.15) is 22.6 Å². The quantitative estimate of drug-likeness (QED) is 0.206. The molecule has 6 aromatic carbocycles. The van der Waals surface area contributed by atoms with Crippen molar-refractivity contribution in [2.75, 3.05) is 0 Å². The lowest BCUT2D eigenvalue weighted by molar-refractivity contribution is 0.855. The van der Waals surface area contributed by atoms with Gasteiger partial charge in [-0.1, -0.05) is 146 Å². The summed E-state index contributed by atoms with van der Waals surface area (Å²) in [6.07, 6.45) is 0.950. The molecule has 2 aliphatic rings. The maximum absolute atomic E-state index is 5.33. The molecule has 1 atom stereocenters.